The van der Waals surface area contributed by atoms with Crippen molar-refractivity contribution < 1.29 is 4.79 Å². The monoisotopic (exact) mass is 291 g/mol. The maximum Gasteiger partial charge on any atom is 0.241 e. The van der Waals surface area contributed by atoms with Crippen LogP contribution >= 0.6 is 11.6 Å². The fourth-order valence-corrected chi connectivity index (χ4v) is 2.15. The minimum absolute atomic E-state index is 0.0230. The van der Waals surface area contributed by atoms with Crippen molar-refractivity contribution >= 4 is 17.5 Å². The molecule has 1 N–H and O–H groups in total. The summed E-state index contributed by atoms with van der Waals surface area (Å²) in [4.78, 5) is 11.8. The summed E-state index contributed by atoms with van der Waals surface area (Å²) < 4.78 is 1.72. The minimum Gasteiger partial charge on any atom is -0.354 e. The summed E-state index contributed by atoms with van der Waals surface area (Å²) in [6.07, 6.45) is 0.792. The van der Waals surface area contributed by atoms with Crippen LogP contribution in [0.4, 0.5) is 0 Å². The molecular weight excluding hydrogens is 274 g/mol. The molecule has 0 aliphatic rings. The van der Waals surface area contributed by atoms with Crippen LogP contribution in [0.25, 0.3) is 0 Å². The topological polar surface area (TPSA) is 46.9 Å². The van der Waals surface area contributed by atoms with Crippen LogP contribution in [0.1, 0.15) is 17.0 Å². The van der Waals surface area contributed by atoms with E-state index >= 15 is 0 Å². The molecule has 0 bridgehead atoms. The average Bonchev–Trinajstić information content (AvgIpc) is 2.70. The maximum atomic E-state index is 11.8. The van der Waals surface area contributed by atoms with Gasteiger partial charge in [0.1, 0.15) is 6.54 Å². The van der Waals surface area contributed by atoms with Gasteiger partial charge in [-0.3, -0.25) is 9.48 Å². The third-order valence-electron chi connectivity index (χ3n) is 3.05. The van der Waals surface area contributed by atoms with Crippen molar-refractivity contribution in [3.05, 3.63) is 52.3 Å². The van der Waals surface area contributed by atoms with Gasteiger partial charge in [-0.25, -0.2) is 0 Å². The van der Waals surface area contributed by atoms with E-state index in [0.717, 1.165) is 28.4 Å². The highest BCUT2D eigenvalue weighted by atomic mass is 35.5. The second-order valence-corrected chi connectivity index (χ2v) is 5.25. The maximum absolute atomic E-state index is 11.8. The number of carbonyl (C=O) groups excluding carboxylic acids is 1. The normalized spacial score (nSPS) is 10.6. The van der Waals surface area contributed by atoms with Crippen LogP contribution in [0, 0.1) is 13.8 Å². The van der Waals surface area contributed by atoms with Crippen LogP contribution in [-0.2, 0) is 17.8 Å². The number of aromatic nitrogens is 2. The van der Waals surface area contributed by atoms with Crippen LogP contribution in [-0.4, -0.2) is 22.2 Å². The Bertz CT molecular complexity index is 590. The lowest BCUT2D eigenvalue weighted by atomic mass is 10.1. The van der Waals surface area contributed by atoms with Gasteiger partial charge in [0.15, 0.2) is 0 Å². The molecule has 0 aliphatic carbocycles. The highest BCUT2D eigenvalue weighted by Crippen LogP contribution is 2.09. The molecule has 20 heavy (non-hydrogen) atoms. The zero-order chi connectivity index (χ0) is 14.5. The van der Waals surface area contributed by atoms with Crippen molar-refractivity contribution in [2.24, 2.45) is 0 Å². The summed E-state index contributed by atoms with van der Waals surface area (Å²) in [6.45, 7) is 4.74. The van der Waals surface area contributed by atoms with E-state index in [2.05, 4.69) is 10.4 Å². The van der Waals surface area contributed by atoms with Crippen molar-refractivity contribution in [1.82, 2.24) is 15.1 Å². The predicted octanol–water partition coefficient (Wildman–Crippen LogP) is 2.51. The van der Waals surface area contributed by atoms with Crippen molar-refractivity contribution in [1.29, 1.82) is 0 Å². The molecule has 4 nitrogen and oxygen atoms in total. The summed E-state index contributed by atoms with van der Waals surface area (Å²) in [5, 5.41) is 7.89. The number of hydrogen-bond acceptors (Lipinski definition) is 2. The van der Waals surface area contributed by atoms with E-state index < -0.39 is 0 Å². The molecular formula is C15H18ClN3O. The van der Waals surface area contributed by atoms with E-state index in [1.807, 2.05) is 44.2 Å². The van der Waals surface area contributed by atoms with E-state index in [1.165, 1.54) is 0 Å². The number of rotatable bonds is 5. The molecule has 1 heterocycles. The molecule has 0 spiro atoms. The van der Waals surface area contributed by atoms with E-state index in [9.17, 15) is 4.79 Å². The number of carbonyl (C=O) groups is 1. The first-order valence-electron chi connectivity index (χ1n) is 6.57. The van der Waals surface area contributed by atoms with E-state index in [0.29, 0.717) is 6.54 Å². The quantitative estimate of drug-likeness (QED) is 0.920. The van der Waals surface area contributed by atoms with E-state index in [1.54, 1.807) is 4.68 Å². The Balaban J connectivity index is 1.78. The third-order valence-corrected chi connectivity index (χ3v) is 3.30. The van der Waals surface area contributed by atoms with Gasteiger partial charge in [0.2, 0.25) is 5.91 Å². The molecule has 5 heteroatoms. The van der Waals surface area contributed by atoms with Gasteiger partial charge < -0.3 is 5.32 Å². The van der Waals surface area contributed by atoms with Gasteiger partial charge >= 0.3 is 0 Å². The molecule has 2 rings (SSSR count). The molecule has 0 aliphatic heterocycles. The highest BCUT2D eigenvalue weighted by molar-refractivity contribution is 6.30. The molecule has 0 unspecified atom stereocenters. The summed E-state index contributed by atoms with van der Waals surface area (Å²) in [6, 6.07) is 9.61. The molecule has 0 atom stereocenters. The molecule has 0 saturated carbocycles. The first-order chi connectivity index (χ1) is 9.54. The molecule has 0 fully saturated rings. The number of nitrogens with zero attached hydrogens (tertiary/aromatic N) is 2. The highest BCUT2D eigenvalue weighted by Gasteiger charge is 2.06. The van der Waals surface area contributed by atoms with Crippen LogP contribution in [0.15, 0.2) is 30.3 Å². The Labute approximate surface area is 123 Å². The second-order valence-electron chi connectivity index (χ2n) is 4.81. The molecule has 0 saturated heterocycles. The summed E-state index contributed by atoms with van der Waals surface area (Å²) in [5.41, 5.74) is 3.08. The summed E-state index contributed by atoms with van der Waals surface area (Å²) in [5.74, 6) is -0.0230. The van der Waals surface area contributed by atoms with Gasteiger partial charge in [0.25, 0.3) is 0 Å². The van der Waals surface area contributed by atoms with Crippen LogP contribution in [0.2, 0.25) is 5.02 Å². The number of aryl methyl sites for hydroxylation is 2. The van der Waals surface area contributed by atoms with Crippen LogP contribution in [0.3, 0.4) is 0 Å². The SMILES string of the molecule is Cc1cc(C)n(CC(=O)NCCc2ccc(Cl)cc2)n1. The zero-order valence-corrected chi connectivity index (χ0v) is 12.4. The Kier molecular flexibility index (Phi) is 4.79. The van der Waals surface area contributed by atoms with Gasteiger partial charge in [-0.15, -0.1) is 0 Å². The zero-order valence-electron chi connectivity index (χ0n) is 11.7. The van der Waals surface area contributed by atoms with Gasteiger partial charge in [-0.1, -0.05) is 23.7 Å². The lowest BCUT2D eigenvalue weighted by Crippen LogP contribution is -2.30. The molecule has 0 radical (unpaired) electrons. The third kappa shape index (κ3) is 4.10. The standard InChI is InChI=1S/C15H18ClN3O/c1-11-9-12(2)19(18-11)10-15(20)17-8-7-13-3-5-14(16)6-4-13/h3-6,9H,7-8,10H2,1-2H3,(H,17,20). The first kappa shape index (κ1) is 14.6. The Morgan fingerprint density at radius 2 is 2.00 bits per heavy atom. The fourth-order valence-electron chi connectivity index (χ4n) is 2.02. The number of hydrogen-bond donors (Lipinski definition) is 1. The predicted molar refractivity (Wildman–Crippen MR) is 79.9 cm³/mol. The van der Waals surface area contributed by atoms with Crippen molar-refractivity contribution in [2.45, 2.75) is 26.8 Å². The van der Waals surface area contributed by atoms with Crippen molar-refractivity contribution in [3.63, 3.8) is 0 Å². The van der Waals surface area contributed by atoms with Gasteiger partial charge in [-0.05, 0) is 44.0 Å². The van der Waals surface area contributed by atoms with Crippen LogP contribution < -0.4 is 5.32 Å². The Morgan fingerprint density at radius 1 is 1.30 bits per heavy atom. The number of halogens is 1. The van der Waals surface area contributed by atoms with Crippen LogP contribution in [0.5, 0.6) is 0 Å². The van der Waals surface area contributed by atoms with E-state index in [-0.39, 0.29) is 12.5 Å². The molecule has 1 amide bonds. The fraction of sp³-hybridized carbons (Fsp3) is 0.333. The van der Waals surface area contributed by atoms with Crippen molar-refractivity contribution in [3.8, 4) is 0 Å². The number of nitrogens with one attached hydrogen (secondary N) is 1. The average molecular weight is 292 g/mol. The smallest absolute Gasteiger partial charge is 0.241 e. The lowest BCUT2D eigenvalue weighted by Gasteiger charge is -2.07. The Hall–Kier alpha value is -1.81. The van der Waals surface area contributed by atoms with Crippen molar-refractivity contribution in [2.75, 3.05) is 6.54 Å². The van der Waals surface area contributed by atoms with E-state index in [4.69, 9.17) is 11.6 Å². The number of amides is 1. The largest absolute Gasteiger partial charge is 0.354 e. The number of benzene rings is 1. The summed E-state index contributed by atoms with van der Waals surface area (Å²) in [7, 11) is 0. The molecule has 1 aromatic carbocycles. The van der Waals surface area contributed by atoms with Gasteiger partial charge in [0.05, 0.1) is 5.69 Å². The van der Waals surface area contributed by atoms with Gasteiger partial charge in [0, 0.05) is 17.3 Å². The second kappa shape index (κ2) is 6.57. The summed E-state index contributed by atoms with van der Waals surface area (Å²) >= 11 is 5.82. The van der Waals surface area contributed by atoms with Gasteiger partial charge in [-0.2, -0.15) is 5.10 Å². The molecule has 1 aromatic heterocycles. The minimum atomic E-state index is -0.0230. The lowest BCUT2D eigenvalue weighted by molar-refractivity contribution is -0.121. The Morgan fingerprint density at radius 3 is 2.60 bits per heavy atom. The first-order valence-corrected chi connectivity index (χ1v) is 6.94. The molecule has 106 valence electrons. The molecule has 2 aromatic rings.